The molecule has 3 fully saturated rings. The van der Waals surface area contributed by atoms with Crippen molar-refractivity contribution in [1.82, 2.24) is 0 Å². The molecule has 2 nitrogen and oxygen atoms in total. The molecule has 18 heavy (non-hydrogen) atoms. The van der Waals surface area contributed by atoms with E-state index in [2.05, 4.69) is 6.58 Å². The van der Waals surface area contributed by atoms with E-state index in [0.29, 0.717) is 11.5 Å². The van der Waals surface area contributed by atoms with Gasteiger partial charge in [-0.3, -0.25) is 0 Å². The molecule has 3 rings (SSSR count). The predicted octanol–water partition coefficient (Wildman–Crippen LogP) is 3.85. The second-order valence-corrected chi connectivity index (χ2v) is 6.71. The molecule has 0 saturated heterocycles. The molecule has 3 aliphatic rings. The molecule has 3 saturated carbocycles. The van der Waals surface area contributed by atoms with Crippen LogP contribution in [0.2, 0.25) is 0 Å². The van der Waals surface area contributed by atoms with Crippen molar-refractivity contribution in [3.8, 4) is 0 Å². The van der Waals surface area contributed by atoms with Gasteiger partial charge >= 0.3 is 5.97 Å². The van der Waals surface area contributed by atoms with Gasteiger partial charge in [-0.15, -0.1) is 0 Å². The fourth-order valence-corrected chi connectivity index (χ4v) is 4.67. The molecule has 3 aliphatic carbocycles. The molecule has 0 aromatic rings. The van der Waals surface area contributed by atoms with Gasteiger partial charge in [-0.25, -0.2) is 4.79 Å². The third-order valence-corrected chi connectivity index (χ3v) is 5.55. The number of carbonyl (C=O) groups excluding carboxylic acids is 1. The van der Waals surface area contributed by atoms with Crippen LogP contribution < -0.4 is 0 Å². The quantitative estimate of drug-likeness (QED) is 0.548. The molecule has 0 aromatic carbocycles. The third kappa shape index (κ3) is 1.90. The lowest BCUT2D eigenvalue weighted by Crippen LogP contribution is -2.53. The standard InChI is InChI=1S/C16H24O2/c1-11(2)15(17)18-16-8-4-6-13(10-16)12-5-3-7-14(16)9-12/h12-14H,1,3-10H2,2H3. The summed E-state index contributed by atoms with van der Waals surface area (Å²) in [5.74, 6) is 2.18. The monoisotopic (exact) mass is 248 g/mol. The van der Waals surface area contributed by atoms with E-state index in [4.69, 9.17) is 4.74 Å². The van der Waals surface area contributed by atoms with E-state index in [-0.39, 0.29) is 11.6 Å². The van der Waals surface area contributed by atoms with E-state index >= 15 is 0 Å². The molecule has 0 spiro atoms. The fraction of sp³-hybridized carbons (Fsp3) is 0.812. The van der Waals surface area contributed by atoms with Crippen LogP contribution in [-0.2, 0) is 9.53 Å². The predicted molar refractivity (Wildman–Crippen MR) is 71.0 cm³/mol. The van der Waals surface area contributed by atoms with E-state index < -0.39 is 0 Å². The lowest BCUT2D eigenvalue weighted by atomic mass is 9.55. The lowest BCUT2D eigenvalue weighted by molar-refractivity contribution is -0.185. The fourth-order valence-electron chi connectivity index (χ4n) is 4.67. The molecule has 0 heterocycles. The van der Waals surface area contributed by atoms with Gasteiger partial charge < -0.3 is 4.74 Å². The van der Waals surface area contributed by atoms with Crippen LogP contribution in [0.15, 0.2) is 12.2 Å². The Balaban J connectivity index is 1.83. The Kier molecular flexibility index (Phi) is 2.99. The number of hydrogen-bond donors (Lipinski definition) is 0. The third-order valence-electron chi connectivity index (χ3n) is 5.55. The highest BCUT2D eigenvalue weighted by Crippen LogP contribution is 2.56. The summed E-state index contributed by atoms with van der Waals surface area (Å²) in [5, 5.41) is 0. The first-order valence-corrected chi connectivity index (χ1v) is 7.49. The minimum Gasteiger partial charge on any atom is -0.455 e. The van der Waals surface area contributed by atoms with Gasteiger partial charge in [-0.05, 0) is 63.2 Å². The first-order chi connectivity index (χ1) is 8.61. The second-order valence-electron chi connectivity index (χ2n) is 6.71. The van der Waals surface area contributed by atoms with Crippen LogP contribution in [0.1, 0.15) is 58.3 Å². The van der Waals surface area contributed by atoms with Gasteiger partial charge in [0, 0.05) is 5.57 Å². The normalized spacial score (nSPS) is 42.2. The van der Waals surface area contributed by atoms with Crippen molar-refractivity contribution >= 4 is 5.97 Å². The number of fused-ring (bicyclic) bond motifs is 6. The van der Waals surface area contributed by atoms with Gasteiger partial charge in [-0.1, -0.05) is 19.4 Å². The molecule has 4 bridgehead atoms. The summed E-state index contributed by atoms with van der Waals surface area (Å²) in [7, 11) is 0. The molecule has 4 unspecified atom stereocenters. The molecule has 0 aromatic heterocycles. The van der Waals surface area contributed by atoms with Gasteiger partial charge in [0.15, 0.2) is 0 Å². The first kappa shape index (κ1) is 12.3. The Morgan fingerprint density at radius 3 is 2.78 bits per heavy atom. The number of ether oxygens (including phenoxy) is 1. The number of rotatable bonds is 2. The maximum absolute atomic E-state index is 11.9. The van der Waals surface area contributed by atoms with E-state index in [1.807, 2.05) is 0 Å². The largest absolute Gasteiger partial charge is 0.455 e. The van der Waals surface area contributed by atoms with Crippen molar-refractivity contribution in [3.05, 3.63) is 12.2 Å². The molecule has 0 aliphatic heterocycles. The summed E-state index contributed by atoms with van der Waals surface area (Å²) in [4.78, 5) is 11.9. The SMILES string of the molecule is C=C(C)C(=O)OC12CCCC(C1)C1CCCC2C1. The smallest absolute Gasteiger partial charge is 0.333 e. The van der Waals surface area contributed by atoms with Crippen molar-refractivity contribution in [2.24, 2.45) is 17.8 Å². The molecule has 100 valence electrons. The van der Waals surface area contributed by atoms with Crippen LogP contribution in [0.3, 0.4) is 0 Å². The van der Waals surface area contributed by atoms with Crippen LogP contribution in [0.5, 0.6) is 0 Å². The first-order valence-electron chi connectivity index (χ1n) is 7.49. The maximum Gasteiger partial charge on any atom is 0.333 e. The van der Waals surface area contributed by atoms with Crippen LogP contribution in [0, 0.1) is 17.8 Å². The minimum absolute atomic E-state index is 0.129. The van der Waals surface area contributed by atoms with Gasteiger partial charge in [-0.2, -0.15) is 0 Å². The Bertz CT molecular complexity index is 373. The molecular formula is C16H24O2. The summed E-state index contributed by atoms with van der Waals surface area (Å²) in [6, 6.07) is 0. The Morgan fingerprint density at radius 1 is 1.22 bits per heavy atom. The topological polar surface area (TPSA) is 26.3 Å². The van der Waals surface area contributed by atoms with E-state index in [1.54, 1.807) is 6.92 Å². The van der Waals surface area contributed by atoms with Crippen molar-refractivity contribution in [2.45, 2.75) is 63.9 Å². The van der Waals surface area contributed by atoms with Crippen molar-refractivity contribution in [1.29, 1.82) is 0 Å². The van der Waals surface area contributed by atoms with Crippen LogP contribution in [-0.4, -0.2) is 11.6 Å². The van der Waals surface area contributed by atoms with Crippen LogP contribution in [0.25, 0.3) is 0 Å². The highest BCUT2D eigenvalue weighted by Gasteiger charge is 2.53. The highest BCUT2D eigenvalue weighted by molar-refractivity contribution is 5.87. The Labute approximate surface area is 110 Å². The number of esters is 1. The number of carbonyl (C=O) groups is 1. The zero-order chi connectivity index (χ0) is 12.8. The molecule has 4 atom stereocenters. The lowest BCUT2D eigenvalue weighted by Gasteiger charge is -2.55. The van der Waals surface area contributed by atoms with Crippen molar-refractivity contribution < 1.29 is 9.53 Å². The molecular weight excluding hydrogens is 224 g/mol. The minimum atomic E-state index is -0.167. The van der Waals surface area contributed by atoms with Gasteiger partial charge in [0.25, 0.3) is 0 Å². The highest BCUT2D eigenvalue weighted by atomic mass is 16.6. The van der Waals surface area contributed by atoms with Gasteiger partial charge in [0.2, 0.25) is 0 Å². The summed E-state index contributed by atoms with van der Waals surface area (Å²) in [6.07, 6.45) is 10.1. The summed E-state index contributed by atoms with van der Waals surface area (Å²) < 4.78 is 5.96. The van der Waals surface area contributed by atoms with Crippen molar-refractivity contribution in [2.75, 3.05) is 0 Å². The van der Waals surface area contributed by atoms with Crippen LogP contribution in [0.4, 0.5) is 0 Å². The Hall–Kier alpha value is -0.790. The molecule has 0 N–H and O–H groups in total. The van der Waals surface area contributed by atoms with E-state index in [9.17, 15) is 4.79 Å². The average molecular weight is 248 g/mol. The van der Waals surface area contributed by atoms with Crippen LogP contribution >= 0.6 is 0 Å². The summed E-state index contributed by atoms with van der Waals surface area (Å²) in [5.41, 5.74) is 0.417. The Morgan fingerprint density at radius 2 is 2.00 bits per heavy atom. The zero-order valence-electron chi connectivity index (χ0n) is 11.4. The molecule has 2 heteroatoms. The van der Waals surface area contributed by atoms with E-state index in [1.165, 1.54) is 38.5 Å². The average Bonchev–Trinajstić information content (AvgIpc) is 2.38. The maximum atomic E-state index is 11.9. The molecule has 0 amide bonds. The second kappa shape index (κ2) is 4.40. The van der Waals surface area contributed by atoms with E-state index in [0.717, 1.165) is 24.7 Å². The van der Waals surface area contributed by atoms with Crippen molar-refractivity contribution in [3.63, 3.8) is 0 Å². The summed E-state index contributed by atoms with van der Waals surface area (Å²) in [6.45, 7) is 5.48. The molecule has 0 radical (unpaired) electrons. The van der Waals surface area contributed by atoms with Gasteiger partial charge in [0.1, 0.15) is 5.60 Å². The summed E-state index contributed by atoms with van der Waals surface area (Å²) >= 11 is 0. The number of hydrogen-bond acceptors (Lipinski definition) is 2. The van der Waals surface area contributed by atoms with Gasteiger partial charge in [0.05, 0.1) is 0 Å². The zero-order valence-corrected chi connectivity index (χ0v) is 11.4.